The molecule has 0 atom stereocenters. The Morgan fingerprint density at radius 1 is 0.252 bits per heavy atom. The van der Waals surface area contributed by atoms with Crippen LogP contribution in [0.5, 0.6) is 11.5 Å². The number of fused-ring (bicyclic) bond motifs is 7. The Hall–Kier alpha value is -9.97. The highest BCUT2D eigenvalue weighted by Gasteiger charge is 2.19. The van der Waals surface area contributed by atoms with Gasteiger partial charge < -0.3 is 27.1 Å². The van der Waals surface area contributed by atoms with Crippen molar-refractivity contribution in [3.63, 3.8) is 0 Å². The topological polar surface area (TPSA) is 110 Å². The van der Waals surface area contributed by atoms with E-state index in [1.165, 1.54) is 124 Å². The van der Waals surface area contributed by atoms with Crippen molar-refractivity contribution in [2.45, 2.75) is 173 Å². The summed E-state index contributed by atoms with van der Waals surface area (Å²) in [5.41, 5.74) is 15.2. The van der Waals surface area contributed by atoms with Crippen LogP contribution in [0.4, 0.5) is 0 Å². The lowest BCUT2D eigenvalue weighted by Crippen LogP contribution is -2.14. The third kappa shape index (κ3) is 31.3. The number of nitrogens with zero attached hydrogens (tertiary/aromatic N) is 3. The van der Waals surface area contributed by atoms with Gasteiger partial charge in [0.25, 0.3) is 0 Å². The molecule has 19 rings (SSSR count). The lowest BCUT2D eigenvalue weighted by atomic mass is 10.0. The summed E-state index contributed by atoms with van der Waals surface area (Å²) >= 11 is 11.0. The summed E-state index contributed by atoms with van der Waals surface area (Å²) < 4.78 is 37.8. The molecule has 18 aromatic rings. The first kappa shape index (κ1) is 92.2. The second kappa shape index (κ2) is 46.5. The number of hydrogen-bond donors (Lipinski definition) is 0. The van der Waals surface area contributed by atoms with E-state index < -0.39 is 0 Å². The first-order chi connectivity index (χ1) is 54.9. The van der Waals surface area contributed by atoms with E-state index in [-0.39, 0.29) is 0 Å². The number of ether oxygens (including phenoxy) is 2. The van der Waals surface area contributed by atoms with Gasteiger partial charge in [-0.1, -0.05) is 134 Å². The van der Waals surface area contributed by atoms with E-state index in [1.54, 1.807) is 35.1 Å². The van der Waals surface area contributed by atoms with Crippen molar-refractivity contribution in [1.82, 2.24) is 15.0 Å². The fourth-order valence-electron chi connectivity index (χ4n) is 11.4. The standard InChI is InChI=1S/C12H12.C10H10O.C10H10S.C9H8O.C8H10O2S.C8H8OS.C8H8S2.C8H10.C7H9N.C6H8N2.C6H8O.C6H8S.C2H6/c1-9-7-8-10(2)12-6-4-3-5-11(9)12;2*1-7-3-4-9-6-8(2)11-10(9)5-7;1-7-6-8-4-2-3-5-9(8)10-7;1-5-7-8(6(2)11-5)10-4-3-9-7;1-5-3-8-7(9-5)4-6(2)10-8;1-5-3-7-8(9-5)4-6(2)10-7;1-7-3-5-8(2)6-4-7;1-6-3-4-7(2)8-5-6;1-5-3-8-6(2)4-7-5;2*1-5-3-4-6(2)7-5;1-2/h3-8H,1-2H3;2*3-6H,1-2H3;2-6H,1H3;3-4H2,1-2H3;2*3-4H,1-2H3;3-6H,1-2H3;3-5H,1-2H3;3-4H,1-2H3;2*3-4H,1-2H3;1-2H3. The van der Waals surface area contributed by atoms with Gasteiger partial charge in [-0.3, -0.25) is 15.0 Å². The van der Waals surface area contributed by atoms with Crippen LogP contribution in [-0.2, 0) is 0 Å². The maximum absolute atomic E-state index is 5.46. The highest BCUT2D eigenvalue weighted by atomic mass is 32.1. The molecule has 0 radical (unpaired) electrons. The zero-order valence-electron chi connectivity index (χ0n) is 71.9. The number of aromatic nitrogens is 3. The van der Waals surface area contributed by atoms with Crippen LogP contribution in [0.25, 0.3) is 62.5 Å². The Kier molecular flexibility index (Phi) is 37.3. The molecule has 0 saturated carbocycles. The molecule has 13 heterocycles. The minimum absolute atomic E-state index is 0.685. The Labute approximate surface area is 707 Å². The molecule has 12 aromatic heterocycles. The van der Waals surface area contributed by atoms with Crippen LogP contribution in [0.2, 0.25) is 0 Å². The van der Waals surface area contributed by atoms with E-state index >= 15 is 0 Å². The van der Waals surface area contributed by atoms with Crippen molar-refractivity contribution in [1.29, 1.82) is 0 Å². The zero-order chi connectivity index (χ0) is 83.8. The third-order valence-electron chi connectivity index (χ3n) is 17.1. The Morgan fingerprint density at radius 2 is 0.670 bits per heavy atom. The van der Waals surface area contributed by atoms with Gasteiger partial charge in [-0.15, -0.1) is 68.0 Å². The van der Waals surface area contributed by atoms with E-state index in [2.05, 4.69) is 264 Å². The van der Waals surface area contributed by atoms with Gasteiger partial charge in [-0.25, -0.2) is 0 Å². The first-order valence-electron chi connectivity index (χ1n) is 38.8. The number of furan rings is 4. The molecular formula is C100H115N3O6S6. The van der Waals surface area contributed by atoms with Gasteiger partial charge in [-0.2, -0.15) is 0 Å². The van der Waals surface area contributed by atoms with Crippen LogP contribution >= 0.6 is 68.0 Å². The number of benzene rings is 6. The summed E-state index contributed by atoms with van der Waals surface area (Å²) in [7, 11) is 0. The van der Waals surface area contributed by atoms with Gasteiger partial charge in [0.05, 0.1) is 16.1 Å². The van der Waals surface area contributed by atoms with Crippen LogP contribution in [-0.4, -0.2) is 28.2 Å². The van der Waals surface area contributed by atoms with Gasteiger partial charge in [0.15, 0.2) is 11.5 Å². The fourth-order valence-corrected chi connectivity index (χ4v) is 17.4. The van der Waals surface area contributed by atoms with Crippen molar-refractivity contribution in [2.24, 2.45) is 0 Å². The zero-order valence-corrected chi connectivity index (χ0v) is 76.8. The minimum atomic E-state index is 0.685. The number of aryl methyl sites for hydroxylation is 23. The Balaban J connectivity index is 0.000000174. The van der Waals surface area contributed by atoms with Crippen LogP contribution in [0, 0.1) is 159 Å². The molecule has 0 amide bonds. The number of hydrogen-bond acceptors (Lipinski definition) is 15. The van der Waals surface area contributed by atoms with E-state index in [0.717, 1.165) is 74.1 Å². The summed E-state index contributed by atoms with van der Waals surface area (Å²) in [6.45, 7) is 52.6. The van der Waals surface area contributed by atoms with E-state index in [1.807, 2.05) is 176 Å². The molecule has 0 bridgehead atoms. The smallest absolute Gasteiger partial charge is 0.175 e. The van der Waals surface area contributed by atoms with Gasteiger partial charge in [-0.05, 0) is 294 Å². The van der Waals surface area contributed by atoms with Gasteiger partial charge >= 0.3 is 0 Å². The second-order valence-electron chi connectivity index (χ2n) is 28.1. The van der Waals surface area contributed by atoms with Crippen molar-refractivity contribution < 1.29 is 27.1 Å². The molecule has 9 nitrogen and oxygen atoms in total. The molecule has 0 aliphatic carbocycles. The summed E-state index contributed by atoms with van der Waals surface area (Å²) in [6.07, 6.45) is 5.39. The molecule has 0 spiro atoms. The molecule has 1 aliphatic rings. The molecule has 1 aliphatic heterocycles. The van der Waals surface area contributed by atoms with Gasteiger partial charge in [0.2, 0.25) is 0 Å². The molecule has 6 aromatic carbocycles. The lowest BCUT2D eigenvalue weighted by Gasteiger charge is -2.15. The minimum Gasteiger partial charge on any atom is -0.485 e. The summed E-state index contributed by atoms with van der Waals surface area (Å²) in [5.74, 6) is 6.83. The highest BCUT2D eigenvalue weighted by molar-refractivity contribution is 7.27. The van der Waals surface area contributed by atoms with Crippen LogP contribution in [0.15, 0.2) is 236 Å². The third-order valence-corrected chi connectivity index (χ3v) is 23.1. The molecule has 0 unspecified atom stereocenters. The van der Waals surface area contributed by atoms with Crippen molar-refractivity contribution in [3.05, 3.63) is 343 Å². The lowest BCUT2D eigenvalue weighted by molar-refractivity contribution is 0.171. The van der Waals surface area contributed by atoms with Crippen molar-refractivity contribution >= 4 is 131 Å². The Morgan fingerprint density at radius 3 is 1.13 bits per heavy atom. The monoisotopic (exact) mass is 1650 g/mol. The molecule has 115 heavy (non-hydrogen) atoms. The van der Waals surface area contributed by atoms with Gasteiger partial charge in [0.1, 0.15) is 58.8 Å². The van der Waals surface area contributed by atoms with Gasteiger partial charge in [0, 0.05) is 88.2 Å². The largest absolute Gasteiger partial charge is 0.485 e. The van der Waals surface area contributed by atoms with Crippen molar-refractivity contribution in [2.75, 3.05) is 13.2 Å². The second-order valence-corrected chi connectivity index (χ2v) is 36.2. The normalized spacial score (nSPS) is 10.5. The summed E-state index contributed by atoms with van der Waals surface area (Å²) in [5, 5.41) is 6.49. The average Bonchev–Trinajstić information content (AvgIpc) is 1.71. The fraction of sp³-hybridized carbons (Fsp3) is 0.270. The number of rotatable bonds is 0. The van der Waals surface area contributed by atoms with E-state index in [0.29, 0.717) is 13.2 Å². The molecule has 0 fully saturated rings. The predicted octanol–water partition coefficient (Wildman–Crippen LogP) is 32.0. The number of para-hydroxylation sites is 1. The van der Waals surface area contributed by atoms with Crippen molar-refractivity contribution in [3.8, 4) is 11.5 Å². The predicted molar refractivity (Wildman–Crippen MR) is 503 cm³/mol. The first-order valence-corrected chi connectivity index (χ1v) is 43.7. The highest BCUT2D eigenvalue weighted by Crippen LogP contribution is 2.43. The van der Waals surface area contributed by atoms with E-state index in [4.69, 9.17) is 27.1 Å². The quantitative estimate of drug-likeness (QED) is 0.147. The number of pyridine rings is 1. The van der Waals surface area contributed by atoms with E-state index in [9.17, 15) is 0 Å². The number of thiophene rings is 6. The maximum Gasteiger partial charge on any atom is 0.175 e. The maximum atomic E-state index is 5.46. The molecule has 602 valence electrons. The van der Waals surface area contributed by atoms with Crippen LogP contribution < -0.4 is 9.47 Å². The van der Waals surface area contributed by atoms with Crippen LogP contribution in [0.1, 0.15) is 138 Å². The SMILES string of the molecule is CC.Cc1cc2ccccc2o1.Cc1cc2sc(C)cc2o1.Cc1cc2sc(C)cc2s1.Cc1ccc(C)c2ccccc12.Cc1ccc(C)cc1.Cc1ccc(C)nc1.Cc1ccc(C)o1.Cc1ccc(C)s1.Cc1ccc2cc(C)oc2c1.Cc1ccc2cc(C)sc2c1.Cc1cnc(C)cn1.Cc1sc(C)c2c1OCCO2. The summed E-state index contributed by atoms with van der Waals surface area (Å²) in [4.78, 5) is 22.9. The van der Waals surface area contributed by atoms with Crippen LogP contribution in [0.3, 0.4) is 0 Å². The average molecular weight is 1650 g/mol. The molecule has 15 heteroatoms. The molecular weight excluding hydrogens is 1530 g/mol. The molecule has 0 N–H and O–H groups in total. The summed E-state index contributed by atoms with van der Waals surface area (Å²) in [6, 6.07) is 69.5. The Bertz CT molecular complexity index is 5270. The molecule has 0 saturated heterocycles.